The zero-order valence-corrected chi connectivity index (χ0v) is 13.9. The van der Waals surface area contributed by atoms with E-state index in [9.17, 15) is 9.59 Å². The van der Waals surface area contributed by atoms with Crippen LogP contribution in [0.2, 0.25) is 5.02 Å². The second kappa shape index (κ2) is 6.84. The summed E-state index contributed by atoms with van der Waals surface area (Å²) < 4.78 is 1.21. The summed E-state index contributed by atoms with van der Waals surface area (Å²) in [5, 5.41) is 0.826. The Morgan fingerprint density at radius 2 is 1.96 bits per heavy atom. The number of halogens is 1. The molecule has 1 aromatic heterocycles. The predicted molar refractivity (Wildman–Crippen MR) is 94.9 cm³/mol. The van der Waals surface area contributed by atoms with Crippen molar-refractivity contribution < 1.29 is 4.79 Å². The maximum absolute atomic E-state index is 12.7. The maximum atomic E-state index is 12.7. The van der Waals surface area contributed by atoms with Gasteiger partial charge in [0.05, 0.1) is 17.3 Å². The Labute approximate surface area is 143 Å². The van der Waals surface area contributed by atoms with Crippen LogP contribution in [0.5, 0.6) is 0 Å². The second-order valence-electron chi connectivity index (χ2n) is 5.38. The summed E-state index contributed by atoms with van der Waals surface area (Å²) in [6, 6.07) is 14.3. The number of aryl methyl sites for hydroxylation is 1. The lowest BCUT2D eigenvalue weighted by Gasteiger charge is -2.13. The van der Waals surface area contributed by atoms with Gasteiger partial charge in [-0.15, -0.1) is 0 Å². The quantitative estimate of drug-likeness (QED) is 0.793. The molecule has 1 heterocycles. The standard InChI is InChI=1S/C18H16ClN3O2/c1-2-16-20-15-9-8-13(19)11-14(15)18(24)22(16)21-17(23)10-12-6-4-3-5-7-12/h3-9,11H,2,10H2,1H3,(H,21,23). The van der Waals surface area contributed by atoms with Crippen LogP contribution < -0.4 is 11.0 Å². The molecule has 0 fully saturated rings. The third kappa shape index (κ3) is 3.31. The Hall–Kier alpha value is -2.66. The van der Waals surface area contributed by atoms with Crippen molar-refractivity contribution >= 4 is 28.4 Å². The smallest absolute Gasteiger partial charge is 0.273 e. The molecule has 1 amide bonds. The molecule has 2 aromatic carbocycles. The van der Waals surface area contributed by atoms with Gasteiger partial charge in [0.2, 0.25) is 5.91 Å². The first-order valence-corrected chi connectivity index (χ1v) is 8.01. The molecular formula is C18H16ClN3O2. The average molecular weight is 342 g/mol. The topological polar surface area (TPSA) is 64.0 Å². The molecule has 0 atom stereocenters. The minimum atomic E-state index is -0.333. The summed E-state index contributed by atoms with van der Waals surface area (Å²) in [5.74, 6) is 0.220. The van der Waals surface area contributed by atoms with E-state index in [-0.39, 0.29) is 17.9 Å². The third-order valence-corrected chi connectivity index (χ3v) is 3.90. The molecule has 0 radical (unpaired) electrons. The third-order valence-electron chi connectivity index (χ3n) is 3.66. The molecule has 5 nitrogen and oxygen atoms in total. The number of carbonyl (C=O) groups is 1. The van der Waals surface area contributed by atoms with Crippen LogP contribution in [0.4, 0.5) is 0 Å². The summed E-state index contributed by atoms with van der Waals surface area (Å²) in [4.78, 5) is 29.4. The van der Waals surface area contributed by atoms with Crippen molar-refractivity contribution in [3.05, 3.63) is 75.3 Å². The van der Waals surface area contributed by atoms with Crippen molar-refractivity contribution in [1.29, 1.82) is 0 Å². The first kappa shape index (κ1) is 16.2. The van der Waals surface area contributed by atoms with Gasteiger partial charge in [-0.1, -0.05) is 48.9 Å². The molecule has 0 saturated heterocycles. The predicted octanol–water partition coefficient (Wildman–Crippen LogP) is 2.93. The van der Waals surface area contributed by atoms with Crippen molar-refractivity contribution in [2.45, 2.75) is 19.8 Å². The Morgan fingerprint density at radius 3 is 2.67 bits per heavy atom. The van der Waals surface area contributed by atoms with Crippen LogP contribution in [0, 0.1) is 0 Å². The maximum Gasteiger partial charge on any atom is 0.280 e. The van der Waals surface area contributed by atoms with Crippen molar-refractivity contribution in [2.75, 3.05) is 5.43 Å². The largest absolute Gasteiger partial charge is 0.280 e. The molecule has 24 heavy (non-hydrogen) atoms. The average Bonchev–Trinajstić information content (AvgIpc) is 2.58. The summed E-state index contributed by atoms with van der Waals surface area (Å²) in [5.41, 5.74) is 3.75. The van der Waals surface area contributed by atoms with E-state index >= 15 is 0 Å². The molecule has 3 rings (SSSR count). The van der Waals surface area contributed by atoms with Crippen LogP contribution in [0.3, 0.4) is 0 Å². The van der Waals surface area contributed by atoms with Crippen LogP contribution in [0.25, 0.3) is 10.9 Å². The number of amides is 1. The summed E-state index contributed by atoms with van der Waals surface area (Å²) in [7, 11) is 0. The van der Waals surface area contributed by atoms with E-state index in [2.05, 4.69) is 10.4 Å². The number of aromatic nitrogens is 2. The zero-order chi connectivity index (χ0) is 17.1. The number of benzene rings is 2. The van der Waals surface area contributed by atoms with E-state index in [0.29, 0.717) is 28.2 Å². The Bertz CT molecular complexity index is 952. The van der Waals surface area contributed by atoms with E-state index in [4.69, 9.17) is 11.6 Å². The minimum absolute atomic E-state index is 0.185. The van der Waals surface area contributed by atoms with Gasteiger partial charge in [0.1, 0.15) is 5.82 Å². The fraction of sp³-hybridized carbons (Fsp3) is 0.167. The van der Waals surface area contributed by atoms with Crippen molar-refractivity contribution in [2.24, 2.45) is 0 Å². The van der Waals surface area contributed by atoms with Crippen molar-refractivity contribution in [1.82, 2.24) is 9.66 Å². The van der Waals surface area contributed by atoms with Crippen LogP contribution in [0.15, 0.2) is 53.3 Å². The van der Waals surface area contributed by atoms with Gasteiger partial charge < -0.3 is 0 Å². The zero-order valence-electron chi connectivity index (χ0n) is 13.1. The lowest BCUT2D eigenvalue weighted by atomic mass is 10.1. The van der Waals surface area contributed by atoms with Crippen LogP contribution in [-0.4, -0.2) is 15.6 Å². The normalized spacial score (nSPS) is 10.8. The van der Waals surface area contributed by atoms with E-state index in [0.717, 1.165) is 5.56 Å². The van der Waals surface area contributed by atoms with E-state index < -0.39 is 0 Å². The number of rotatable bonds is 4. The van der Waals surface area contributed by atoms with Crippen molar-refractivity contribution in [3.8, 4) is 0 Å². The second-order valence-corrected chi connectivity index (χ2v) is 5.82. The first-order chi connectivity index (χ1) is 11.6. The number of nitrogens with one attached hydrogen (secondary N) is 1. The number of nitrogens with zero attached hydrogens (tertiary/aromatic N) is 2. The minimum Gasteiger partial charge on any atom is -0.273 e. The molecule has 0 unspecified atom stereocenters. The summed E-state index contributed by atoms with van der Waals surface area (Å²) >= 11 is 5.97. The fourth-order valence-electron chi connectivity index (χ4n) is 2.50. The highest BCUT2D eigenvalue weighted by Gasteiger charge is 2.13. The molecule has 122 valence electrons. The Morgan fingerprint density at radius 1 is 1.21 bits per heavy atom. The molecule has 0 aliphatic heterocycles. The lowest BCUT2D eigenvalue weighted by molar-refractivity contribution is -0.116. The Kier molecular flexibility index (Phi) is 4.62. The van der Waals surface area contributed by atoms with Crippen LogP contribution in [0.1, 0.15) is 18.3 Å². The molecular weight excluding hydrogens is 326 g/mol. The van der Waals surface area contributed by atoms with Gasteiger partial charge in [-0.05, 0) is 23.8 Å². The molecule has 0 bridgehead atoms. The molecule has 0 spiro atoms. The number of carbonyl (C=O) groups excluding carboxylic acids is 1. The van der Waals surface area contributed by atoms with Gasteiger partial charge in [0.25, 0.3) is 5.56 Å². The molecule has 6 heteroatoms. The Balaban J connectivity index is 1.97. The monoisotopic (exact) mass is 341 g/mol. The van der Waals surface area contributed by atoms with Gasteiger partial charge in [-0.3, -0.25) is 15.0 Å². The van der Waals surface area contributed by atoms with Gasteiger partial charge in [0.15, 0.2) is 0 Å². The fourth-order valence-corrected chi connectivity index (χ4v) is 2.67. The number of hydrogen-bond acceptors (Lipinski definition) is 3. The molecule has 3 aromatic rings. The van der Waals surface area contributed by atoms with Gasteiger partial charge >= 0.3 is 0 Å². The molecule has 0 aliphatic carbocycles. The molecule has 0 saturated carbocycles. The van der Waals surface area contributed by atoms with E-state index in [1.54, 1.807) is 18.2 Å². The van der Waals surface area contributed by atoms with Gasteiger partial charge in [-0.2, -0.15) is 0 Å². The SMILES string of the molecule is CCc1nc2ccc(Cl)cc2c(=O)n1NC(=O)Cc1ccccc1. The van der Waals surface area contributed by atoms with Crippen LogP contribution >= 0.6 is 11.6 Å². The van der Waals surface area contributed by atoms with Gasteiger partial charge in [0, 0.05) is 11.4 Å². The highest BCUT2D eigenvalue weighted by Crippen LogP contribution is 2.15. The molecule has 1 N–H and O–H groups in total. The van der Waals surface area contributed by atoms with Crippen molar-refractivity contribution in [3.63, 3.8) is 0 Å². The van der Waals surface area contributed by atoms with Gasteiger partial charge in [-0.25, -0.2) is 9.66 Å². The lowest BCUT2D eigenvalue weighted by Crippen LogP contribution is -2.37. The van der Waals surface area contributed by atoms with E-state index in [1.807, 2.05) is 37.3 Å². The number of hydrogen-bond donors (Lipinski definition) is 1. The highest BCUT2D eigenvalue weighted by molar-refractivity contribution is 6.31. The summed E-state index contributed by atoms with van der Waals surface area (Å²) in [6.07, 6.45) is 0.698. The van der Waals surface area contributed by atoms with Crippen LogP contribution in [-0.2, 0) is 17.6 Å². The first-order valence-electron chi connectivity index (χ1n) is 7.63. The number of fused-ring (bicyclic) bond motifs is 1. The summed E-state index contributed by atoms with van der Waals surface area (Å²) in [6.45, 7) is 1.88. The van der Waals surface area contributed by atoms with E-state index in [1.165, 1.54) is 4.68 Å². The molecule has 0 aliphatic rings. The highest BCUT2D eigenvalue weighted by atomic mass is 35.5.